The molecule has 1 saturated heterocycles. The van der Waals surface area contributed by atoms with Crippen LogP contribution in [0.2, 0.25) is 0 Å². The fourth-order valence-electron chi connectivity index (χ4n) is 3.36. The van der Waals surface area contributed by atoms with Crippen molar-refractivity contribution in [2.45, 2.75) is 37.8 Å². The Bertz CT molecular complexity index is 778. The number of rotatable bonds is 5. The minimum atomic E-state index is 0.0164. The Kier molecular flexibility index (Phi) is 4.93. The fraction of sp³-hybridized carbons (Fsp3) is 0.400. The first-order chi connectivity index (χ1) is 12.7. The zero-order valence-corrected chi connectivity index (χ0v) is 15.4. The predicted molar refractivity (Wildman–Crippen MR) is 104 cm³/mol. The van der Waals surface area contributed by atoms with E-state index in [-0.39, 0.29) is 17.9 Å². The first-order valence-corrected chi connectivity index (χ1v) is 10.1. The molecule has 1 aromatic heterocycles. The molecule has 4 rings (SSSR count). The molecule has 1 saturated carbocycles. The quantitative estimate of drug-likeness (QED) is 0.852. The SMILES string of the molecule is O=C(NC1CCN(c2ccccc2C(=O)NC2CC2)CC1)c1cccs1. The third-order valence-electron chi connectivity index (χ3n) is 4.98. The van der Waals surface area contributed by atoms with Crippen molar-refractivity contribution >= 4 is 28.8 Å². The number of hydrogen-bond donors (Lipinski definition) is 2. The smallest absolute Gasteiger partial charge is 0.261 e. The number of carbonyl (C=O) groups is 2. The van der Waals surface area contributed by atoms with Crippen molar-refractivity contribution in [3.63, 3.8) is 0 Å². The fourth-order valence-corrected chi connectivity index (χ4v) is 3.99. The van der Waals surface area contributed by atoms with Gasteiger partial charge in [-0.1, -0.05) is 18.2 Å². The number of thiophene rings is 1. The van der Waals surface area contributed by atoms with Gasteiger partial charge in [0.15, 0.2) is 0 Å². The summed E-state index contributed by atoms with van der Waals surface area (Å²) in [6, 6.07) is 12.1. The molecular formula is C20H23N3O2S. The molecule has 0 unspecified atom stereocenters. The van der Waals surface area contributed by atoms with Crippen LogP contribution < -0.4 is 15.5 Å². The third-order valence-corrected chi connectivity index (χ3v) is 5.85. The topological polar surface area (TPSA) is 61.4 Å². The van der Waals surface area contributed by atoms with E-state index >= 15 is 0 Å². The summed E-state index contributed by atoms with van der Waals surface area (Å²) in [5.41, 5.74) is 1.74. The zero-order valence-electron chi connectivity index (χ0n) is 14.6. The lowest BCUT2D eigenvalue weighted by Gasteiger charge is -2.34. The molecule has 2 aliphatic rings. The second-order valence-electron chi connectivity index (χ2n) is 6.98. The normalized spacial score (nSPS) is 17.8. The summed E-state index contributed by atoms with van der Waals surface area (Å²) in [4.78, 5) is 27.7. The first kappa shape index (κ1) is 17.1. The van der Waals surface area contributed by atoms with E-state index in [1.807, 2.05) is 41.8 Å². The number of amides is 2. The van der Waals surface area contributed by atoms with Crippen LogP contribution >= 0.6 is 11.3 Å². The van der Waals surface area contributed by atoms with E-state index < -0.39 is 0 Å². The van der Waals surface area contributed by atoms with Gasteiger partial charge in [0, 0.05) is 30.9 Å². The molecule has 2 heterocycles. The van der Waals surface area contributed by atoms with E-state index in [4.69, 9.17) is 0 Å². The summed E-state index contributed by atoms with van der Waals surface area (Å²) in [6.07, 6.45) is 3.94. The molecule has 2 amide bonds. The molecule has 2 N–H and O–H groups in total. The molecule has 0 spiro atoms. The minimum Gasteiger partial charge on any atom is -0.371 e. The Morgan fingerprint density at radius 3 is 2.27 bits per heavy atom. The summed E-state index contributed by atoms with van der Waals surface area (Å²) in [5.74, 6) is 0.0406. The number of benzene rings is 1. The Hall–Kier alpha value is -2.34. The van der Waals surface area contributed by atoms with Crippen molar-refractivity contribution in [3.05, 3.63) is 52.2 Å². The highest BCUT2D eigenvalue weighted by Crippen LogP contribution is 2.26. The molecule has 0 radical (unpaired) electrons. The highest BCUT2D eigenvalue weighted by molar-refractivity contribution is 7.12. The van der Waals surface area contributed by atoms with E-state index in [0.717, 1.165) is 54.9 Å². The Morgan fingerprint density at radius 2 is 1.58 bits per heavy atom. The summed E-state index contributed by atoms with van der Waals surface area (Å²) in [5, 5.41) is 8.13. The maximum absolute atomic E-state index is 12.5. The molecule has 1 aliphatic heterocycles. The monoisotopic (exact) mass is 369 g/mol. The molecule has 2 aromatic rings. The van der Waals surface area contributed by atoms with Crippen molar-refractivity contribution in [2.24, 2.45) is 0 Å². The average Bonchev–Trinajstić information content (AvgIpc) is 3.30. The van der Waals surface area contributed by atoms with Crippen LogP contribution in [0.4, 0.5) is 5.69 Å². The summed E-state index contributed by atoms with van der Waals surface area (Å²) >= 11 is 1.47. The Labute approximate surface area is 157 Å². The number of nitrogens with zero attached hydrogens (tertiary/aromatic N) is 1. The van der Waals surface area contributed by atoms with Crippen LogP contribution in [0, 0.1) is 0 Å². The van der Waals surface area contributed by atoms with Gasteiger partial charge in [0.1, 0.15) is 0 Å². The Balaban J connectivity index is 1.37. The van der Waals surface area contributed by atoms with E-state index in [1.165, 1.54) is 11.3 Å². The molecule has 0 atom stereocenters. The predicted octanol–water partition coefficient (Wildman–Crippen LogP) is 3.04. The van der Waals surface area contributed by atoms with E-state index in [0.29, 0.717) is 6.04 Å². The van der Waals surface area contributed by atoms with Gasteiger partial charge in [-0.2, -0.15) is 0 Å². The van der Waals surface area contributed by atoms with Gasteiger partial charge in [-0.15, -0.1) is 11.3 Å². The number of piperidine rings is 1. The number of hydrogen-bond acceptors (Lipinski definition) is 4. The Morgan fingerprint density at radius 1 is 0.885 bits per heavy atom. The average molecular weight is 369 g/mol. The summed E-state index contributed by atoms with van der Waals surface area (Å²) in [6.45, 7) is 1.67. The number of carbonyl (C=O) groups excluding carboxylic acids is 2. The maximum Gasteiger partial charge on any atom is 0.261 e. The lowest BCUT2D eigenvalue weighted by molar-refractivity contribution is 0.0933. The van der Waals surface area contributed by atoms with Crippen LogP contribution in [-0.4, -0.2) is 37.0 Å². The van der Waals surface area contributed by atoms with Crippen LogP contribution in [0.1, 0.15) is 45.7 Å². The van der Waals surface area contributed by atoms with Gasteiger partial charge in [-0.05, 0) is 49.3 Å². The van der Waals surface area contributed by atoms with Gasteiger partial charge < -0.3 is 15.5 Å². The summed E-state index contributed by atoms with van der Waals surface area (Å²) < 4.78 is 0. The maximum atomic E-state index is 12.5. The van der Waals surface area contributed by atoms with Gasteiger partial charge >= 0.3 is 0 Å². The molecular weight excluding hydrogens is 346 g/mol. The second kappa shape index (κ2) is 7.50. The molecule has 1 aromatic carbocycles. The molecule has 0 bridgehead atoms. The van der Waals surface area contributed by atoms with Gasteiger partial charge in [-0.3, -0.25) is 9.59 Å². The summed E-state index contributed by atoms with van der Waals surface area (Å²) in [7, 11) is 0. The lowest BCUT2D eigenvalue weighted by Crippen LogP contribution is -2.45. The number of nitrogens with one attached hydrogen (secondary N) is 2. The second-order valence-corrected chi connectivity index (χ2v) is 7.92. The van der Waals surface area contributed by atoms with Crippen LogP contribution in [0.15, 0.2) is 41.8 Å². The van der Waals surface area contributed by atoms with Crippen molar-refractivity contribution < 1.29 is 9.59 Å². The van der Waals surface area contributed by atoms with Gasteiger partial charge in [0.05, 0.1) is 10.4 Å². The third kappa shape index (κ3) is 3.90. The number of anilines is 1. The van der Waals surface area contributed by atoms with Crippen LogP contribution in [0.5, 0.6) is 0 Å². The molecule has 2 fully saturated rings. The minimum absolute atomic E-state index is 0.0164. The standard InChI is InChI=1S/C20H23N3O2S/c24-19(21-14-7-8-14)16-4-1-2-5-17(16)23-11-9-15(10-12-23)22-20(25)18-6-3-13-26-18/h1-6,13-15H,7-12H2,(H,21,24)(H,22,25). The number of para-hydroxylation sites is 1. The first-order valence-electron chi connectivity index (χ1n) is 9.20. The van der Waals surface area contributed by atoms with E-state index in [9.17, 15) is 9.59 Å². The van der Waals surface area contributed by atoms with Gasteiger partial charge in [-0.25, -0.2) is 0 Å². The molecule has 5 nitrogen and oxygen atoms in total. The van der Waals surface area contributed by atoms with Crippen molar-refractivity contribution in [1.82, 2.24) is 10.6 Å². The molecule has 136 valence electrons. The van der Waals surface area contributed by atoms with Gasteiger partial charge in [0.2, 0.25) is 0 Å². The molecule has 26 heavy (non-hydrogen) atoms. The van der Waals surface area contributed by atoms with Crippen molar-refractivity contribution in [3.8, 4) is 0 Å². The molecule has 1 aliphatic carbocycles. The highest BCUT2D eigenvalue weighted by Gasteiger charge is 2.27. The highest BCUT2D eigenvalue weighted by atomic mass is 32.1. The lowest BCUT2D eigenvalue weighted by atomic mass is 10.0. The van der Waals surface area contributed by atoms with E-state index in [1.54, 1.807) is 0 Å². The van der Waals surface area contributed by atoms with Crippen LogP contribution in [-0.2, 0) is 0 Å². The van der Waals surface area contributed by atoms with Gasteiger partial charge in [0.25, 0.3) is 11.8 Å². The van der Waals surface area contributed by atoms with Crippen molar-refractivity contribution in [2.75, 3.05) is 18.0 Å². The molecule has 6 heteroatoms. The largest absolute Gasteiger partial charge is 0.371 e. The van der Waals surface area contributed by atoms with Crippen LogP contribution in [0.3, 0.4) is 0 Å². The van der Waals surface area contributed by atoms with Crippen LogP contribution in [0.25, 0.3) is 0 Å². The van der Waals surface area contributed by atoms with E-state index in [2.05, 4.69) is 15.5 Å². The zero-order chi connectivity index (χ0) is 17.9. The van der Waals surface area contributed by atoms with Crippen molar-refractivity contribution in [1.29, 1.82) is 0 Å².